The molecule has 0 N–H and O–H groups in total. The Morgan fingerprint density at radius 1 is 1.46 bits per heavy atom. The Hall–Kier alpha value is -1.09. The van der Waals surface area contributed by atoms with Crippen molar-refractivity contribution in [3.05, 3.63) is 23.7 Å². The highest BCUT2D eigenvalue weighted by Gasteiger charge is 2.10. The van der Waals surface area contributed by atoms with E-state index >= 15 is 0 Å². The molecule has 0 radical (unpaired) electrons. The first kappa shape index (κ1) is 8.51. The van der Waals surface area contributed by atoms with Crippen LogP contribution in [0.3, 0.4) is 0 Å². The lowest BCUT2D eigenvalue weighted by molar-refractivity contribution is 0.618. The van der Waals surface area contributed by atoms with Gasteiger partial charge in [-0.3, -0.25) is 4.98 Å². The first-order valence-corrected chi connectivity index (χ1v) is 4.55. The minimum atomic E-state index is 0.319. The van der Waals surface area contributed by atoms with E-state index in [1.54, 1.807) is 12.4 Å². The monoisotopic (exact) mass is 195 g/mol. The summed E-state index contributed by atoms with van der Waals surface area (Å²) in [6.07, 6.45) is 3.47. The molecule has 2 aromatic rings. The Morgan fingerprint density at radius 3 is 2.92 bits per heavy atom. The molecule has 0 unspecified atom stereocenters. The highest BCUT2D eigenvalue weighted by molar-refractivity contribution is 6.29. The highest BCUT2D eigenvalue weighted by atomic mass is 35.5. The summed E-state index contributed by atoms with van der Waals surface area (Å²) in [4.78, 5) is 8.19. The van der Waals surface area contributed by atoms with E-state index < -0.39 is 0 Å². The average Bonchev–Trinajstić information content (AvgIpc) is 2.39. The molecule has 0 atom stereocenters. The largest absolute Gasteiger partial charge is 0.312 e. The molecule has 0 aliphatic heterocycles. The molecule has 0 fully saturated rings. The zero-order chi connectivity index (χ0) is 9.42. The molecule has 4 heteroatoms. The van der Waals surface area contributed by atoms with Crippen LogP contribution in [0.15, 0.2) is 18.5 Å². The summed E-state index contributed by atoms with van der Waals surface area (Å²) in [7, 11) is 0. The third-order valence-electron chi connectivity index (χ3n) is 1.97. The van der Waals surface area contributed by atoms with Gasteiger partial charge < -0.3 is 4.57 Å². The van der Waals surface area contributed by atoms with Gasteiger partial charge in [0.05, 0.1) is 11.7 Å². The number of imidazole rings is 1. The Balaban J connectivity index is 2.78. The van der Waals surface area contributed by atoms with Gasteiger partial charge in [-0.2, -0.15) is 0 Å². The average molecular weight is 196 g/mol. The van der Waals surface area contributed by atoms with Crippen molar-refractivity contribution in [1.82, 2.24) is 14.5 Å². The minimum absolute atomic E-state index is 0.319. The van der Waals surface area contributed by atoms with Crippen molar-refractivity contribution in [2.45, 2.75) is 19.9 Å². The molecule has 2 rings (SSSR count). The van der Waals surface area contributed by atoms with E-state index in [-0.39, 0.29) is 0 Å². The van der Waals surface area contributed by atoms with E-state index in [0.717, 1.165) is 11.0 Å². The summed E-state index contributed by atoms with van der Waals surface area (Å²) in [5.41, 5.74) is 1.89. The zero-order valence-corrected chi connectivity index (χ0v) is 8.28. The number of pyridine rings is 1. The van der Waals surface area contributed by atoms with Crippen LogP contribution >= 0.6 is 11.6 Å². The Labute approximate surface area is 81.4 Å². The third-order valence-corrected chi connectivity index (χ3v) is 2.23. The predicted molar refractivity (Wildman–Crippen MR) is 52.9 cm³/mol. The van der Waals surface area contributed by atoms with Crippen molar-refractivity contribution < 1.29 is 0 Å². The van der Waals surface area contributed by atoms with Crippen molar-refractivity contribution in [3.8, 4) is 0 Å². The van der Waals surface area contributed by atoms with Gasteiger partial charge in [0.2, 0.25) is 5.28 Å². The summed E-state index contributed by atoms with van der Waals surface area (Å²) in [6, 6.07) is 2.24. The van der Waals surface area contributed by atoms with Crippen LogP contribution in [0.1, 0.15) is 19.9 Å². The van der Waals surface area contributed by atoms with Crippen LogP contribution in [0.4, 0.5) is 0 Å². The number of halogens is 1. The van der Waals surface area contributed by atoms with Gasteiger partial charge in [-0.05, 0) is 31.5 Å². The number of fused-ring (bicyclic) bond motifs is 1. The fraction of sp³-hybridized carbons (Fsp3) is 0.333. The second-order valence-electron chi connectivity index (χ2n) is 3.21. The molecule has 0 saturated heterocycles. The van der Waals surface area contributed by atoms with Crippen molar-refractivity contribution in [2.24, 2.45) is 0 Å². The lowest BCUT2D eigenvalue weighted by atomic mass is 10.3. The van der Waals surface area contributed by atoms with Crippen LogP contribution in [-0.2, 0) is 0 Å². The summed E-state index contributed by atoms with van der Waals surface area (Å²) in [5.74, 6) is 0. The van der Waals surface area contributed by atoms with Gasteiger partial charge in [0.15, 0.2) is 0 Å². The number of hydrogen-bond donors (Lipinski definition) is 0. The fourth-order valence-electron chi connectivity index (χ4n) is 1.41. The predicted octanol–water partition coefficient (Wildman–Crippen LogP) is 2.67. The van der Waals surface area contributed by atoms with Crippen molar-refractivity contribution >= 4 is 22.6 Å². The molecular weight excluding hydrogens is 186 g/mol. The standard InChI is InChI=1S/C9H10ClN3/c1-6(2)13-8-3-4-11-5-7(8)12-9(13)10/h3-6H,1-2H3. The van der Waals surface area contributed by atoms with Crippen LogP contribution in [0.5, 0.6) is 0 Å². The van der Waals surface area contributed by atoms with Gasteiger partial charge in [-0.25, -0.2) is 4.98 Å². The van der Waals surface area contributed by atoms with Crippen molar-refractivity contribution in [1.29, 1.82) is 0 Å². The van der Waals surface area contributed by atoms with Gasteiger partial charge in [0, 0.05) is 12.2 Å². The molecule has 0 amide bonds. The summed E-state index contributed by atoms with van der Waals surface area (Å²) >= 11 is 5.99. The molecule has 2 aromatic heterocycles. The van der Waals surface area contributed by atoms with Gasteiger partial charge >= 0.3 is 0 Å². The highest BCUT2D eigenvalue weighted by Crippen LogP contribution is 2.22. The third kappa shape index (κ3) is 1.29. The first-order chi connectivity index (χ1) is 6.20. The van der Waals surface area contributed by atoms with E-state index in [1.165, 1.54) is 0 Å². The van der Waals surface area contributed by atoms with E-state index in [9.17, 15) is 0 Å². The SMILES string of the molecule is CC(C)n1c(Cl)nc2cnccc21. The Morgan fingerprint density at radius 2 is 2.23 bits per heavy atom. The normalized spacial score (nSPS) is 11.4. The molecule has 0 spiro atoms. The fourth-order valence-corrected chi connectivity index (χ4v) is 1.79. The lowest BCUT2D eigenvalue weighted by Crippen LogP contribution is -1.99. The molecule has 13 heavy (non-hydrogen) atoms. The van der Waals surface area contributed by atoms with E-state index in [2.05, 4.69) is 23.8 Å². The Kier molecular flexibility index (Phi) is 1.96. The van der Waals surface area contributed by atoms with E-state index in [4.69, 9.17) is 11.6 Å². The van der Waals surface area contributed by atoms with Crippen LogP contribution in [0, 0.1) is 0 Å². The molecule has 0 aliphatic rings. The smallest absolute Gasteiger partial charge is 0.204 e. The van der Waals surface area contributed by atoms with Crippen LogP contribution in [-0.4, -0.2) is 14.5 Å². The molecule has 0 saturated carbocycles. The summed E-state index contributed by atoms with van der Waals surface area (Å²) in [5, 5.41) is 0.526. The van der Waals surface area contributed by atoms with Gasteiger partial charge in [0.1, 0.15) is 5.52 Å². The second-order valence-corrected chi connectivity index (χ2v) is 3.55. The number of rotatable bonds is 1. The quantitative estimate of drug-likeness (QED) is 0.701. The van der Waals surface area contributed by atoms with Crippen LogP contribution in [0.2, 0.25) is 5.28 Å². The number of nitrogens with zero attached hydrogens (tertiary/aromatic N) is 3. The van der Waals surface area contributed by atoms with Crippen molar-refractivity contribution in [3.63, 3.8) is 0 Å². The molecule has 68 valence electrons. The van der Waals surface area contributed by atoms with Gasteiger partial charge in [-0.15, -0.1) is 0 Å². The van der Waals surface area contributed by atoms with E-state index in [0.29, 0.717) is 11.3 Å². The van der Waals surface area contributed by atoms with Crippen LogP contribution < -0.4 is 0 Å². The second kappa shape index (κ2) is 3.00. The maximum Gasteiger partial charge on any atom is 0.204 e. The Bertz CT molecular complexity index is 433. The molecule has 0 aliphatic carbocycles. The number of aromatic nitrogens is 3. The van der Waals surface area contributed by atoms with Crippen LogP contribution in [0.25, 0.3) is 11.0 Å². The van der Waals surface area contributed by atoms with Gasteiger partial charge in [0.25, 0.3) is 0 Å². The molecule has 3 nitrogen and oxygen atoms in total. The zero-order valence-electron chi connectivity index (χ0n) is 7.53. The maximum atomic E-state index is 5.99. The topological polar surface area (TPSA) is 30.7 Å². The molecule has 0 aromatic carbocycles. The number of hydrogen-bond acceptors (Lipinski definition) is 2. The summed E-state index contributed by atoms with van der Waals surface area (Å²) in [6.45, 7) is 4.15. The maximum absolute atomic E-state index is 5.99. The molecule has 2 heterocycles. The first-order valence-electron chi connectivity index (χ1n) is 4.17. The minimum Gasteiger partial charge on any atom is -0.312 e. The summed E-state index contributed by atoms with van der Waals surface area (Å²) < 4.78 is 1.98. The van der Waals surface area contributed by atoms with E-state index in [1.807, 2.05) is 10.6 Å². The lowest BCUT2D eigenvalue weighted by Gasteiger charge is -2.08. The van der Waals surface area contributed by atoms with Gasteiger partial charge in [-0.1, -0.05) is 0 Å². The molecular formula is C9H10ClN3. The van der Waals surface area contributed by atoms with Crippen molar-refractivity contribution in [2.75, 3.05) is 0 Å². The molecule has 0 bridgehead atoms.